The number of hydrogen-bond acceptors (Lipinski definition) is 5. The molecule has 0 bridgehead atoms. The first-order chi connectivity index (χ1) is 17.1. The molecular formula is C28H29ClN2O3S. The van der Waals surface area contributed by atoms with Crippen molar-refractivity contribution in [1.29, 1.82) is 0 Å². The summed E-state index contributed by atoms with van der Waals surface area (Å²) in [5.41, 5.74) is 5.24. The Balaban J connectivity index is 1.26. The van der Waals surface area contributed by atoms with Gasteiger partial charge in [-0.05, 0) is 60.4 Å². The number of H-pyrrole nitrogens is 1. The zero-order valence-corrected chi connectivity index (χ0v) is 21.2. The smallest absolute Gasteiger partial charge is 0.166 e. The third kappa shape index (κ3) is 6.01. The summed E-state index contributed by atoms with van der Waals surface area (Å²) in [5.74, 6) is 1.59. The van der Waals surface area contributed by atoms with Crippen LogP contribution < -0.4 is 4.74 Å². The average Bonchev–Trinajstić information content (AvgIpc) is 3.28. The molecule has 0 radical (unpaired) electrons. The minimum absolute atomic E-state index is 0.0628. The van der Waals surface area contributed by atoms with Crippen molar-refractivity contribution in [1.82, 2.24) is 9.97 Å². The average molecular weight is 509 g/mol. The van der Waals surface area contributed by atoms with E-state index in [2.05, 4.69) is 28.2 Å². The van der Waals surface area contributed by atoms with Crippen LogP contribution in [0.15, 0.2) is 71.9 Å². The number of para-hydroxylation sites is 2. The third-order valence-electron chi connectivity index (χ3n) is 6.22. The predicted octanol–water partition coefficient (Wildman–Crippen LogP) is 6.58. The standard InChI is InChI=1S/C28H29ClN2O3S/c1-2-33-22-10-7-18(8-11-22)13-20-14-19(9-12-24(20)29)27-16-21(32)15-23(34-27)17-35-28-30-25-5-3-4-6-26(25)31-28/h3-12,14,21,23,27,32H,2,13,15-17H2,1H3,(H,30,31). The molecule has 4 aromatic rings. The summed E-state index contributed by atoms with van der Waals surface area (Å²) in [7, 11) is 0. The summed E-state index contributed by atoms with van der Waals surface area (Å²) < 4.78 is 12.0. The molecule has 1 aliphatic rings. The highest BCUT2D eigenvalue weighted by atomic mass is 35.5. The second kappa shape index (κ2) is 11.0. The lowest BCUT2D eigenvalue weighted by atomic mass is 9.94. The second-order valence-electron chi connectivity index (χ2n) is 8.85. The lowest BCUT2D eigenvalue weighted by molar-refractivity contribution is -0.0875. The van der Waals surface area contributed by atoms with Crippen LogP contribution in [0.3, 0.4) is 0 Å². The summed E-state index contributed by atoms with van der Waals surface area (Å²) >= 11 is 8.18. The van der Waals surface area contributed by atoms with Gasteiger partial charge in [0.05, 0.1) is 36.0 Å². The Morgan fingerprint density at radius 3 is 2.74 bits per heavy atom. The van der Waals surface area contributed by atoms with E-state index >= 15 is 0 Å². The van der Waals surface area contributed by atoms with Crippen LogP contribution in [0.25, 0.3) is 11.0 Å². The molecule has 0 amide bonds. The largest absolute Gasteiger partial charge is 0.494 e. The monoisotopic (exact) mass is 508 g/mol. The molecule has 1 fully saturated rings. The van der Waals surface area contributed by atoms with Gasteiger partial charge in [0.15, 0.2) is 5.16 Å². The maximum atomic E-state index is 10.6. The molecular weight excluding hydrogens is 480 g/mol. The molecule has 1 aromatic heterocycles. The fraction of sp³-hybridized carbons (Fsp3) is 0.321. The van der Waals surface area contributed by atoms with E-state index in [9.17, 15) is 5.11 Å². The van der Waals surface area contributed by atoms with Crippen LogP contribution in [0.2, 0.25) is 5.02 Å². The summed E-state index contributed by atoms with van der Waals surface area (Å²) in [6.45, 7) is 2.63. The number of aromatic amines is 1. The SMILES string of the molecule is CCOc1ccc(Cc2cc(C3CC(O)CC(CSc4nc5ccccc5[nH]4)O3)ccc2Cl)cc1. The van der Waals surface area contributed by atoms with Gasteiger partial charge in [0, 0.05) is 23.6 Å². The van der Waals surface area contributed by atoms with Gasteiger partial charge < -0.3 is 19.6 Å². The van der Waals surface area contributed by atoms with Crippen LogP contribution in [0, 0.1) is 0 Å². The van der Waals surface area contributed by atoms with Gasteiger partial charge in [-0.1, -0.05) is 59.8 Å². The molecule has 3 unspecified atom stereocenters. The van der Waals surface area contributed by atoms with Gasteiger partial charge in [-0.15, -0.1) is 0 Å². The number of halogens is 1. The first-order valence-electron chi connectivity index (χ1n) is 12.0. The number of nitrogens with zero attached hydrogens (tertiary/aromatic N) is 1. The van der Waals surface area contributed by atoms with Gasteiger partial charge in [0.2, 0.25) is 0 Å². The molecule has 182 valence electrons. The van der Waals surface area contributed by atoms with Crippen molar-refractivity contribution in [3.63, 3.8) is 0 Å². The van der Waals surface area contributed by atoms with E-state index in [1.165, 1.54) is 0 Å². The third-order valence-corrected chi connectivity index (χ3v) is 7.60. The Morgan fingerprint density at radius 1 is 1.11 bits per heavy atom. The Kier molecular flexibility index (Phi) is 7.63. The zero-order valence-electron chi connectivity index (χ0n) is 19.6. The number of imidazole rings is 1. The summed E-state index contributed by atoms with van der Waals surface area (Å²) in [4.78, 5) is 7.98. The van der Waals surface area contributed by atoms with Gasteiger partial charge in [-0.25, -0.2) is 4.98 Å². The van der Waals surface area contributed by atoms with E-state index < -0.39 is 6.10 Å². The van der Waals surface area contributed by atoms with Gasteiger partial charge in [-0.3, -0.25) is 0 Å². The van der Waals surface area contributed by atoms with Crippen LogP contribution in [-0.4, -0.2) is 39.6 Å². The molecule has 1 saturated heterocycles. The van der Waals surface area contributed by atoms with Crippen LogP contribution in [0.5, 0.6) is 5.75 Å². The first-order valence-corrected chi connectivity index (χ1v) is 13.3. The van der Waals surface area contributed by atoms with Crippen molar-refractivity contribution in [2.75, 3.05) is 12.4 Å². The summed E-state index contributed by atoms with van der Waals surface area (Å²) in [5, 5.41) is 12.2. The molecule has 5 nitrogen and oxygen atoms in total. The molecule has 35 heavy (non-hydrogen) atoms. The normalized spacial score (nSPS) is 20.3. The Morgan fingerprint density at radius 2 is 1.94 bits per heavy atom. The highest BCUT2D eigenvalue weighted by Gasteiger charge is 2.30. The number of aliphatic hydroxyl groups is 1. The quantitative estimate of drug-likeness (QED) is 0.263. The number of fused-ring (bicyclic) bond motifs is 1. The van der Waals surface area contributed by atoms with Crippen molar-refractivity contribution in [2.24, 2.45) is 0 Å². The summed E-state index contributed by atoms with van der Waals surface area (Å²) in [6.07, 6.45) is 1.29. The van der Waals surface area contributed by atoms with Crippen molar-refractivity contribution in [2.45, 2.75) is 49.7 Å². The van der Waals surface area contributed by atoms with Gasteiger partial charge in [0.25, 0.3) is 0 Å². The lowest BCUT2D eigenvalue weighted by Crippen LogP contribution is -2.32. The fourth-order valence-electron chi connectivity index (χ4n) is 4.50. The highest BCUT2D eigenvalue weighted by molar-refractivity contribution is 7.99. The van der Waals surface area contributed by atoms with Crippen LogP contribution in [-0.2, 0) is 11.2 Å². The van der Waals surface area contributed by atoms with Gasteiger partial charge in [-0.2, -0.15) is 0 Å². The van der Waals surface area contributed by atoms with Gasteiger partial charge in [0.1, 0.15) is 5.75 Å². The van der Waals surface area contributed by atoms with E-state index in [1.807, 2.05) is 55.5 Å². The van der Waals surface area contributed by atoms with E-state index in [1.54, 1.807) is 11.8 Å². The van der Waals surface area contributed by atoms with Crippen molar-refractivity contribution in [3.8, 4) is 5.75 Å². The Hall–Kier alpha value is -2.51. The van der Waals surface area contributed by atoms with Crippen molar-refractivity contribution >= 4 is 34.4 Å². The topological polar surface area (TPSA) is 67.4 Å². The summed E-state index contributed by atoms with van der Waals surface area (Å²) in [6, 6.07) is 22.2. The van der Waals surface area contributed by atoms with E-state index in [0.717, 1.165) is 55.8 Å². The molecule has 0 saturated carbocycles. The number of thioether (sulfide) groups is 1. The minimum atomic E-state index is -0.403. The number of hydrogen-bond donors (Lipinski definition) is 2. The highest BCUT2D eigenvalue weighted by Crippen LogP contribution is 2.35. The van der Waals surface area contributed by atoms with E-state index in [0.29, 0.717) is 19.4 Å². The predicted molar refractivity (Wildman–Crippen MR) is 142 cm³/mol. The van der Waals surface area contributed by atoms with Crippen molar-refractivity contribution in [3.05, 3.63) is 88.4 Å². The molecule has 5 rings (SSSR count). The number of aliphatic hydroxyl groups excluding tert-OH is 1. The molecule has 7 heteroatoms. The fourth-order valence-corrected chi connectivity index (χ4v) is 5.59. The first kappa shape index (κ1) is 24.2. The molecule has 1 aliphatic heterocycles. The van der Waals surface area contributed by atoms with Gasteiger partial charge >= 0.3 is 0 Å². The maximum Gasteiger partial charge on any atom is 0.166 e. The molecule has 3 atom stereocenters. The molecule has 3 aromatic carbocycles. The maximum absolute atomic E-state index is 10.6. The van der Waals surface area contributed by atoms with Crippen LogP contribution in [0.4, 0.5) is 0 Å². The molecule has 0 aliphatic carbocycles. The molecule has 0 spiro atoms. The zero-order chi connectivity index (χ0) is 24.2. The van der Waals surface area contributed by atoms with Crippen LogP contribution >= 0.6 is 23.4 Å². The van der Waals surface area contributed by atoms with E-state index in [4.69, 9.17) is 21.1 Å². The van der Waals surface area contributed by atoms with E-state index in [-0.39, 0.29) is 12.2 Å². The Bertz CT molecular complexity index is 1240. The number of rotatable bonds is 8. The number of nitrogens with one attached hydrogen (secondary N) is 1. The minimum Gasteiger partial charge on any atom is -0.494 e. The number of aromatic nitrogens is 2. The van der Waals surface area contributed by atoms with Crippen LogP contribution in [0.1, 0.15) is 42.6 Å². The Labute approximate surface area is 214 Å². The number of ether oxygens (including phenoxy) is 2. The molecule has 2 heterocycles. The second-order valence-corrected chi connectivity index (χ2v) is 10.3. The molecule has 2 N–H and O–H groups in total. The van der Waals surface area contributed by atoms with Crippen molar-refractivity contribution < 1.29 is 14.6 Å². The lowest BCUT2D eigenvalue weighted by Gasteiger charge is -2.33. The number of benzene rings is 3.